The van der Waals surface area contributed by atoms with Gasteiger partial charge in [0.1, 0.15) is 0 Å². The number of nitrogens with two attached hydrogens (primary N) is 1. The maximum Gasteiger partial charge on any atom is -0.00204 e. The molecular weight excluding hydrogens is 230 g/mol. The van der Waals surface area contributed by atoms with Gasteiger partial charge in [-0.2, -0.15) is 0 Å². The predicted octanol–water partition coefficient (Wildman–Crippen LogP) is 4.75. The lowest BCUT2D eigenvalue weighted by molar-refractivity contribution is 0.0997. The molecule has 3 aliphatic carbocycles. The fraction of sp³-hybridized carbons (Fsp3) is 1.00. The largest absolute Gasteiger partial charge is 0.330 e. The molecule has 1 nitrogen and oxygen atoms in total. The Balaban J connectivity index is 1.55. The molecule has 0 aromatic rings. The van der Waals surface area contributed by atoms with Crippen molar-refractivity contribution in [3.8, 4) is 0 Å². The second kappa shape index (κ2) is 5.76. The molecule has 0 saturated heterocycles. The minimum absolute atomic E-state index is 0.541. The first-order chi connectivity index (χ1) is 9.24. The van der Waals surface area contributed by atoms with E-state index >= 15 is 0 Å². The molecule has 3 fully saturated rings. The monoisotopic (exact) mass is 263 g/mol. The van der Waals surface area contributed by atoms with Gasteiger partial charge in [0.25, 0.3) is 0 Å². The molecule has 3 atom stereocenters. The van der Waals surface area contributed by atoms with Crippen LogP contribution in [0.4, 0.5) is 0 Å². The first-order valence-electron chi connectivity index (χ1n) is 8.95. The molecule has 3 unspecified atom stereocenters. The summed E-state index contributed by atoms with van der Waals surface area (Å²) >= 11 is 0. The summed E-state index contributed by atoms with van der Waals surface area (Å²) in [6, 6.07) is 0. The van der Waals surface area contributed by atoms with E-state index in [1.807, 2.05) is 0 Å². The normalized spacial score (nSPS) is 45.8. The molecule has 0 aliphatic heterocycles. The van der Waals surface area contributed by atoms with Gasteiger partial charge in [0.05, 0.1) is 0 Å². The Morgan fingerprint density at radius 2 is 1.84 bits per heavy atom. The predicted molar refractivity (Wildman–Crippen MR) is 81.9 cm³/mol. The van der Waals surface area contributed by atoms with Crippen LogP contribution in [0.5, 0.6) is 0 Å². The van der Waals surface area contributed by atoms with Crippen molar-refractivity contribution < 1.29 is 0 Å². The summed E-state index contributed by atoms with van der Waals surface area (Å²) < 4.78 is 0. The van der Waals surface area contributed by atoms with Gasteiger partial charge in [0.2, 0.25) is 0 Å². The summed E-state index contributed by atoms with van der Waals surface area (Å²) in [6.45, 7) is 3.29. The van der Waals surface area contributed by atoms with Gasteiger partial charge in [0, 0.05) is 0 Å². The van der Waals surface area contributed by atoms with E-state index in [1.54, 1.807) is 12.8 Å². The van der Waals surface area contributed by atoms with E-state index in [0.29, 0.717) is 5.41 Å². The Morgan fingerprint density at radius 1 is 1.05 bits per heavy atom. The zero-order valence-electron chi connectivity index (χ0n) is 12.9. The summed E-state index contributed by atoms with van der Waals surface area (Å²) in [4.78, 5) is 0. The Hall–Kier alpha value is -0.0400. The Morgan fingerprint density at radius 3 is 2.37 bits per heavy atom. The summed E-state index contributed by atoms with van der Waals surface area (Å²) in [7, 11) is 0. The van der Waals surface area contributed by atoms with Gasteiger partial charge < -0.3 is 5.73 Å². The van der Waals surface area contributed by atoms with E-state index in [9.17, 15) is 0 Å². The van der Waals surface area contributed by atoms with Crippen LogP contribution in [0.1, 0.15) is 77.6 Å². The van der Waals surface area contributed by atoms with E-state index in [0.717, 1.165) is 30.2 Å². The topological polar surface area (TPSA) is 26.0 Å². The Bertz CT molecular complexity index is 290. The lowest BCUT2D eigenvalue weighted by Gasteiger charge is -2.42. The smallest absolute Gasteiger partial charge is 0.00204 e. The van der Waals surface area contributed by atoms with Crippen molar-refractivity contribution in [3.05, 3.63) is 0 Å². The van der Waals surface area contributed by atoms with E-state index in [1.165, 1.54) is 57.8 Å². The molecule has 3 aliphatic rings. The standard InChI is InChI=1S/C18H33N/c1-2-3-14-6-8-18(13-19,9-7-14)12-17-11-15-4-5-16(17)10-15/h14-17H,2-13,19H2,1H3. The summed E-state index contributed by atoms with van der Waals surface area (Å²) in [5.41, 5.74) is 6.77. The van der Waals surface area contributed by atoms with Crippen LogP contribution in [0.2, 0.25) is 0 Å². The van der Waals surface area contributed by atoms with Crippen LogP contribution in [0.25, 0.3) is 0 Å². The van der Waals surface area contributed by atoms with E-state index in [-0.39, 0.29) is 0 Å². The highest BCUT2D eigenvalue weighted by Crippen LogP contribution is 2.54. The van der Waals surface area contributed by atoms with E-state index in [2.05, 4.69) is 6.92 Å². The highest BCUT2D eigenvalue weighted by molar-refractivity contribution is 4.95. The molecule has 2 N–H and O–H groups in total. The summed E-state index contributed by atoms with van der Waals surface area (Å²) in [5, 5.41) is 0. The van der Waals surface area contributed by atoms with Gasteiger partial charge in [-0.1, -0.05) is 26.2 Å². The summed E-state index contributed by atoms with van der Waals surface area (Å²) in [5.74, 6) is 4.25. The third-order valence-corrected chi connectivity index (χ3v) is 6.88. The molecule has 0 heterocycles. The second-order valence-electron chi connectivity index (χ2n) is 8.08. The van der Waals surface area contributed by atoms with Crippen molar-refractivity contribution in [1.29, 1.82) is 0 Å². The van der Waals surface area contributed by atoms with Crippen LogP contribution >= 0.6 is 0 Å². The molecule has 110 valence electrons. The Labute approximate surface area is 119 Å². The average Bonchev–Trinajstić information content (AvgIpc) is 3.04. The molecule has 0 aromatic heterocycles. The lowest BCUT2D eigenvalue weighted by atomic mass is 9.64. The van der Waals surface area contributed by atoms with Crippen LogP contribution in [0, 0.1) is 29.1 Å². The molecule has 0 spiro atoms. The molecule has 3 saturated carbocycles. The number of rotatable bonds is 5. The van der Waals surface area contributed by atoms with Crippen molar-refractivity contribution in [1.82, 2.24) is 0 Å². The maximum absolute atomic E-state index is 6.23. The molecule has 1 heteroatoms. The van der Waals surface area contributed by atoms with Gasteiger partial charge in [-0.15, -0.1) is 0 Å². The average molecular weight is 263 g/mol. The highest BCUT2D eigenvalue weighted by atomic mass is 14.6. The minimum atomic E-state index is 0.541. The molecule has 19 heavy (non-hydrogen) atoms. The fourth-order valence-electron chi connectivity index (χ4n) is 5.66. The number of hydrogen-bond acceptors (Lipinski definition) is 1. The van der Waals surface area contributed by atoms with Crippen molar-refractivity contribution in [2.45, 2.75) is 77.6 Å². The zero-order chi connectivity index (χ0) is 13.3. The van der Waals surface area contributed by atoms with Crippen LogP contribution in [0.15, 0.2) is 0 Å². The number of hydrogen-bond donors (Lipinski definition) is 1. The van der Waals surface area contributed by atoms with Gasteiger partial charge in [-0.25, -0.2) is 0 Å². The molecule has 0 aromatic carbocycles. The summed E-state index contributed by atoms with van der Waals surface area (Å²) in [6.07, 6.45) is 16.3. The third-order valence-electron chi connectivity index (χ3n) is 6.88. The van der Waals surface area contributed by atoms with Crippen molar-refractivity contribution in [2.75, 3.05) is 6.54 Å². The molecule has 0 amide bonds. The minimum Gasteiger partial charge on any atom is -0.330 e. The van der Waals surface area contributed by atoms with Crippen molar-refractivity contribution in [3.63, 3.8) is 0 Å². The quantitative estimate of drug-likeness (QED) is 0.761. The molecule has 3 rings (SSSR count). The Kier molecular flexibility index (Phi) is 4.22. The highest BCUT2D eigenvalue weighted by Gasteiger charge is 2.44. The van der Waals surface area contributed by atoms with Gasteiger partial charge in [-0.3, -0.25) is 0 Å². The van der Waals surface area contributed by atoms with Crippen molar-refractivity contribution >= 4 is 0 Å². The van der Waals surface area contributed by atoms with E-state index in [4.69, 9.17) is 5.73 Å². The van der Waals surface area contributed by atoms with Gasteiger partial charge in [-0.05, 0) is 87.0 Å². The van der Waals surface area contributed by atoms with Gasteiger partial charge in [0.15, 0.2) is 0 Å². The van der Waals surface area contributed by atoms with Crippen LogP contribution in [0.3, 0.4) is 0 Å². The zero-order valence-corrected chi connectivity index (χ0v) is 12.9. The lowest BCUT2D eigenvalue weighted by Crippen LogP contribution is -2.37. The third kappa shape index (κ3) is 2.86. The molecule has 2 bridgehead atoms. The first kappa shape index (κ1) is 13.9. The van der Waals surface area contributed by atoms with Gasteiger partial charge >= 0.3 is 0 Å². The van der Waals surface area contributed by atoms with E-state index < -0.39 is 0 Å². The van der Waals surface area contributed by atoms with Crippen LogP contribution in [-0.2, 0) is 0 Å². The number of fused-ring (bicyclic) bond motifs is 2. The first-order valence-corrected chi connectivity index (χ1v) is 8.95. The van der Waals surface area contributed by atoms with Crippen molar-refractivity contribution in [2.24, 2.45) is 34.8 Å². The molecular formula is C18H33N. The molecule has 0 radical (unpaired) electrons. The SMILES string of the molecule is CCCC1CCC(CN)(CC2CC3CCC2C3)CC1. The fourth-order valence-corrected chi connectivity index (χ4v) is 5.66. The second-order valence-corrected chi connectivity index (χ2v) is 8.08. The maximum atomic E-state index is 6.23. The van der Waals surface area contributed by atoms with Crippen LogP contribution < -0.4 is 5.73 Å². The van der Waals surface area contributed by atoms with Crippen LogP contribution in [-0.4, -0.2) is 6.54 Å².